The molecule has 2 aromatic rings. The van der Waals surface area contributed by atoms with Crippen LogP contribution >= 0.6 is 23.2 Å². The van der Waals surface area contributed by atoms with Gasteiger partial charge in [0.25, 0.3) is 11.8 Å². The molecule has 0 fully saturated rings. The van der Waals surface area contributed by atoms with Gasteiger partial charge in [0.1, 0.15) is 5.70 Å². The summed E-state index contributed by atoms with van der Waals surface area (Å²) in [5.41, 5.74) is 3.08. The highest BCUT2D eigenvalue weighted by atomic mass is 35.5. The zero-order valence-electron chi connectivity index (χ0n) is 13.1. The second-order valence-electron chi connectivity index (χ2n) is 5.56. The number of halogens is 2. The fourth-order valence-electron chi connectivity index (χ4n) is 2.35. The molecule has 0 unspecified atom stereocenters. The van der Waals surface area contributed by atoms with Gasteiger partial charge in [-0.1, -0.05) is 35.3 Å². The number of benzene rings is 2. The average Bonchev–Trinajstić information content (AvgIpc) is 2.80. The lowest BCUT2D eigenvalue weighted by atomic mass is 10.2. The summed E-state index contributed by atoms with van der Waals surface area (Å²) in [5.74, 6) is -0.850. The van der Waals surface area contributed by atoms with Crippen LogP contribution in [0.2, 0.25) is 10.0 Å². The normalized spacial score (nSPS) is 14.2. The number of hydrogen-bond acceptors (Lipinski definition) is 3. The van der Waals surface area contributed by atoms with Crippen molar-refractivity contribution in [2.24, 2.45) is 0 Å². The molecule has 0 aliphatic carbocycles. The first-order valence-corrected chi connectivity index (χ1v) is 8.02. The first-order chi connectivity index (χ1) is 11.4. The molecule has 1 N–H and O–H groups in total. The molecule has 0 bridgehead atoms. The third kappa shape index (κ3) is 3.03. The number of aryl methyl sites for hydroxylation is 2. The fraction of sp³-hybridized carbons (Fsp3) is 0.111. The number of rotatable bonds is 3. The van der Waals surface area contributed by atoms with Crippen molar-refractivity contribution in [1.29, 1.82) is 0 Å². The van der Waals surface area contributed by atoms with Gasteiger partial charge in [0.05, 0.1) is 5.69 Å². The summed E-state index contributed by atoms with van der Waals surface area (Å²) in [6, 6.07) is 10.4. The number of carbonyl (C=O) groups excluding carboxylic acids is 2. The smallest absolute Gasteiger partial charge is 0.281 e. The van der Waals surface area contributed by atoms with Crippen LogP contribution in [0.3, 0.4) is 0 Å². The van der Waals surface area contributed by atoms with Crippen molar-refractivity contribution < 1.29 is 9.59 Å². The first kappa shape index (κ1) is 16.6. The predicted octanol–water partition coefficient (Wildman–Crippen LogP) is 4.48. The molecule has 1 heterocycles. The van der Waals surface area contributed by atoms with E-state index in [0.29, 0.717) is 21.4 Å². The van der Waals surface area contributed by atoms with Crippen molar-refractivity contribution in [3.05, 3.63) is 69.3 Å². The summed E-state index contributed by atoms with van der Waals surface area (Å²) in [4.78, 5) is 25.9. The Kier molecular flexibility index (Phi) is 4.35. The fourth-order valence-corrected chi connectivity index (χ4v) is 2.71. The van der Waals surface area contributed by atoms with Crippen molar-refractivity contribution >= 4 is 46.4 Å². The predicted molar refractivity (Wildman–Crippen MR) is 96.6 cm³/mol. The highest BCUT2D eigenvalue weighted by molar-refractivity contribution is 6.34. The van der Waals surface area contributed by atoms with E-state index in [1.807, 2.05) is 19.9 Å². The van der Waals surface area contributed by atoms with Gasteiger partial charge in [0, 0.05) is 21.8 Å². The maximum Gasteiger partial charge on any atom is 0.281 e. The zero-order chi connectivity index (χ0) is 17.4. The highest BCUT2D eigenvalue weighted by Crippen LogP contribution is 2.28. The van der Waals surface area contributed by atoms with E-state index in [2.05, 4.69) is 5.32 Å². The number of amides is 2. The van der Waals surface area contributed by atoms with Crippen LogP contribution in [0.15, 0.2) is 48.2 Å². The van der Waals surface area contributed by atoms with E-state index in [1.165, 1.54) is 6.08 Å². The molecular formula is C18H14Cl2N2O2. The van der Waals surface area contributed by atoms with E-state index in [9.17, 15) is 9.59 Å². The number of carbonyl (C=O) groups is 2. The van der Waals surface area contributed by atoms with Gasteiger partial charge in [0.2, 0.25) is 0 Å². The number of imide groups is 1. The van der Waals surface area contributed by atoms with Gasteiger partial charge < -0.3 is 5.32 Å². The van der Waals surface area contributed by atoms with Gasteiger partial charge in [-0.05, 0) is 49.2 Å². The Hall–Kier alpha value is -2.30. The molecule has 1 aliphatic rings. The van der Waals surface area contributed by atoms with Crippen molar-refractivity contribution in [2.45, 2.75) is 13.8 Å². The Balaban J connectivity index is 1.86. The molecule has 122 valence electrons. The van der Waals surface area contributed by atoms with E-state index in [0.717, 1.165) is 16.0 Å². The van der Waals surface area contributed by atoms with Crippen molar-refractivity contribution in [1.82, 2.24) is 0 Å². The molecule has 0 spiro atoms. The van der Waals surface area contributed by atoms with E-state index < -0.39 is 11.8 Å². The minimum atomic E-state index is -0.434. The Labute approximate surface area is 149 Å². The molecule has 0 atom stereocenters. The lowest BCUT2D eigenvalue weighted by molar-refractivity contribution is -0.120. The van der Waals surface area contributed by atoms with E-state index in [-0.39, 0.29) is 5.70 Å². The molecule has 6 heteroatoms. The third-order valence-corrected chi connectivity index (χ3v) is 4.60. The number of nitrogens with one attached hydrogen (secondary N) is 1. The van der Waals surface area contributed by atoms with Gasteiger partial charge in [-0.3, -0.25) is 9.59 Å². The van der Waals surface area contributed by atoms with Crippen LogP contribution in [0.25, 0.3) is 0 Å². The highest BCUT2D eigenvalue weighted by Gasteiger charge is 2.32. The maximum absolute atomic E-state index is 12.6. The molecule has 24 heavy (non-hydrogen) atoms. The Morgan fingerprint density at radius 1 is 0.917 bits per heavy atom. The topological polar surface area (TPSA) is 49.4 Å². The van der Waals surface area contributed by atoms with E-state index in [4.69, 9.17) is 23.2 Å². The monoisotopic (exact) mass is 360 g/mol. The summed E-state index contributed by atoms with van der Waals surface area (Å²) in [6.45, 7) is 3.74. The lowest BCUT2D eigenvalue weighted by Crippen LogP contribution is -2.31. The molecule has 0 saturated carbocycles. The summed E-state index contributed by atoms with van der Waals surface area (Å²) >= 11 is 12.2. The Bertz CT molecular complexity index is 891. The van der Waals surface area contributed by atoms with E-state index in [1.54, 1.807) is 30.3 Å². The number of hydrogen-bond donors (Lipinski definition) is 1. The van der Waals surface area contributed by atoms with Crippen LogP contribution in [0.1, 0.15) is 11.1 Å². The van der Waals surface area contributed by atoms with Crippen LogP contribution in [0, 0.1) is 13.8 Å². The molecule has 0 aromatic heterocycles. The Morgan fingerprint density at radius 3 is 2.17 bits per heavy atom. The van der Waals surface area contributed by atoms with Crippen LogP contribution < -0.4 is 10.2 Å². The van der Waals surface area contributed by atoms with Crippen molar-refractivity contribution in [2.75, 3.05) is 10.2 Å². The molecular weight excluding hydrogens is 347 g/mol. The average molecular weight is 361 g/mol. The number of anilines is 2. The van der Waals surface area contributed by atoms with Crippen LogP contribution in [0.5, 0.6) is 0 Å². The zero-order valence-corrected chi connectivity index (χ0v) is 14.6. The molecule has 3 rings (SSSR count). The van der Waals surface area contributed by atoms with Gasteiger partial charge in [-0.2, -0.15) is 0 Å². The van der Waals surface area contributed by atoms with Gasteiger partial charge in [-0.15, -0.1) is 0 Å². The molecule has 2 aromatic carbocycles. The van der Waals surface area contributed by atoms with Crippen LogP contribution in [-0.2, 0) is 9.59 Å². The summed E-state index contributed by atoms with van der Waals surface area (Å²) in [5, 5.41) is 4.03. The van der Waals surface area contributed by atoms with Gasteiger partial charge in [-0.25, -0.2) is 4.90 Å². The standard InChI is InChI=1S/C18H14Cl2N2O2/c1-10-3-5-12(7-14(10)19)21-16-9-17(23)22(18(16)24)13-6-4-11(2)15(20)8-13/h3-9,21H,1-2H3. The van der Waals surface area contributed by atoms with Crippen molar-refractivity contribution in [3.8, 4) is 0 Å². The molecule has 1 aliphatic heterocycles. The molecule has 4 nitrogen and oxygen atoms in total. The van der Waals surface area contributed by atoms with Crippen LogP contribution in [-0.4, -0.2) is 11.8 Å². The maximum atomic E-state index is 12.6. The van der Waals surface area contributed by atoms with Gasteiger partial charge >= 0.3 is 0 Å². The SMILES string of the molecule is Cc1ccc(NC2=CC(=O)N(c3ccc(C)c(Cl)c3)C2=O)cc1Cl. The summed E-state index contributed by atoms with van der Waals surface area (Å²) < 4.78 is 0. The van der Waals surface area contributed by atoms with Crippen LogP contribution in [0.4, 0.5) is 11.4 Å². The lowest BCUT2D eigenvalue weighted by Gasteiger charge is -2.16. The summed E-state index contributed by atoms with van der Waals surface area (Å²) in [6.07, 6.45) is 1.27. The van der Waals surface area contributed by atoms with Gasteiger partial charge in [0.15, 0.2) is 0 Å². The first-order valence-electron chi connectivity index (χ1n) is 7.26. The quantitative estimate of drug-likeness (QED) is 0.820. The molecule has 0 saturated heterocycles. The Morgan fingerprint density at radius 2 is 1.54 bits per heavy atom. The second-order valence-corrected chi connectivity index (χ2v) is 6.37. The second kappa shape index (κ2) is 6.30. The summed E-state index contributed by atoms with van der Waals surface area (Å²) in [7, 11) is 0. The minimum absolute atomic E-state index is 0.191. The van der Waals surface area contributed by atoms with Crippen molar-refractivity contribution in [3.63, 3.8) is 0 Å². The molecule has 0 radical (unpaired) electrons. The minimum Gasteiger partial charge on any atom is -0.351 e. The molecule has 2 amide bonds. The third-order valence-electron chi connectivity index (χ3n) is 3.79. The number of nitrogens with zero attached hydrogens (tertiary/aromatic N) is 1. The largest absolute Gasteiger partial charge is 0.351 e. The van der Waals surface area contributed by atoms with E-state index >= 15 is 0 Å².